The Balaban J connectivity index is 2.33. The zero-order valence-electron chi connectivity index (χ0n) is 12.7. The first-order valence-electron chi connectivity index (χ1n) is 7.49. The molecule has 1 aliphatic heterocycles. The molecule has 0 aliphatic carbocycles. The third-order valence-corrected chi connectivity index (χ3v) is 4.29. The van der Waals surface area contributed by atoms with Crippen molar-refractivity contribution in [2.24, 2.45) is 0 Å². The van der Waals surface area contributed by atoms with E-state index in [1.54, 1.807) is 0 Å². The van der Waals surface area contributed by atoms with E-state index >= 15 is 0 Å². The summed E-state index contributed by atoms with van der Waals surface area (Å²) in [6.45, 7) is 9.47. The SMILES string of the molecule is CCCNc1nc(C2CCC(C)O2)nc(C(C)C)c1Br. The molecule has 2 heterocycles. The van der Waals surface area contributed by atoms with Crippen molar-refractivity contribution in [2.75, 3.05) is 11.9 Å². The quantitative estimate of drug-likeness (QED) is 0.860. The molecule has 0 bridgehead atoms. The van der Waals surface area contributed by atoms with Gasteiger partial charge in [0.05, 0.1) is 16.3 Å². The van der Waals surface area contributed by atoms with Gasteiger partial charge in [0.25, 0.3) is 0 Å². The van der Waals surface area contributed by atoms with Crippen LogP contribution >= 0.6 is 15.9 Å². The van der Waals surface area contributed by atoms with Crippen molar-refractivity contribution in [1.29, 1.82) is 0 Å². The minimum atomic E-state index is 0.0396. The van der Waals surface area contributed by atoms with Crippen LogP contribution in [-0.4, -0.2) is 22.6 Å². The molecule has 1 aromatic rings. The van der Waals surface area contributed by atoms with Crippen LogP contribution in [0.5, 0.6) is 0 Å². The summed E-state index contributed by atoms with van der Waals surface area (Å²) in [5, 5.41) is 3.38. The molecule has 1 aliphatic rings. The van der Waals surface area contributed by atoms with Gasteiger partial charge in [0.15, 0.2) is 5.82 Å². The molecule has 2 unspecified atom stereocenters. The lowest BCUT2D eigenvalue weighted by atomic mass is 10.1. The molecule has 0 amide bonds. The van der Waals surface area contributed by atoms with Crippen molar-refractivity contribution in [3.63, 3.8) is 0 Å². The van der Waals surface area contributed by atoms with Crippen LogP contribution in [0.25, 0.3) is 0 Å². The molecular weight excluding hydrogens is 318 g/mol. The number of halogens is 1. The molecule has 4 nitrogen and oxygen atoms in total. The molecule has 0 saturated carbocycles. The van der Waals surface area contributed by atoms with Gasteiger partial charge in [0, 0.05) is 6.54 Å². The summed E-state index contributed by atoms with van der Waals surface area (Å²) in [6.07, 6.45) is 3.51. The molecule has 2 rings (SSSR count). The Labute approximate surface area is 129 Å². The molecule has 112 valence electrons. The Morgan fingerprint density at radius 2 is 2.10 bits per heavy atom. The van der Waals surface area contributed by atoms with Crippen molar-refractivity contribution in [2.45, 2.75) is 65.1 Å². The highest BCUT2D eigenvalue weighted by molar-refractivity contribution is 9.10. The number of anilines is 1. The molecule has 0 radical (unpaired) electrons. The Bertz CT molecular complexity index is 465. The van der Waals surface area contributed by atoms with Crippen LogP contribution in [0.3, 0.4) is 0 Å². The molecule has 1 saturated heterocycles. The molecule has 1 fully saturated rings. The maximum Gasteiger partial charge on any atom is 0.159 e. The lowest BCUT2D eigenvalue weighted by Gasteiger charge is -2.17. The summed E-state index contributed by atoms with van der Waals surface area (Å²) in [4.78, 5) is 9.41. The fourth-order valence-corrected chi connectivity index (χ4v) is 3.14. The van der Waals surface area contributed by atoms with Crippen LogP contribution in [0.1, 0.15) is 70.5 Å². The molecule has 2 atom stereocenters. The molecular formula is C15H24BrN3O. The van der Waals surface area contributed by atoms with Crippen LogP contribution < -0.4 is 5.32 Å². The first-order chi connectivity index (χ1) is 9.52. The maximum atomic E-state index is 5.91. The fraction of sp³-hybridized carbons (Fsp3) is 0.733. The fourth-order valence-electron chi connectivity index (χ4n) is 2.36. The Morgan fingerprint density at radius 1 is 1.35 bits per heavy atom. The van der Waals surface area contributed by atoms with Gasteiger partial charge in [-0.15, -0.1) is 0 Å². The highest BCUT2D eigenvalue weighted by Gasteiger charge is 2.27. The third-order valence-electron chi connectivity index (χ3n) is 3.50. The minimum absolute atomic E-state index is 0.0396. The number of nitrogens with zero attached hydrogens (tertiary/aromatic N) is 2. The normalized spacial score (nSPS) is 22.5. The first kappa shape index (κ1) is 15.7. The Morgan fingerprint density at radius 3 is 2.65 bits per heavy atom. The van der Waals surface area contributed by atoms with Gasteiger partial charge in [0.2, 0.25) is 0 Å². The van der Waals surface area contributed by atoms with Crippen molar-refractivity contribution in [3.05, 3.63) is 16.0 Å². The summed E-state index contributed by atoms with van der Waals surface area (Å²) < 4.78 is 6.90. The average Bonchev–Trinajstić information content (AvgIpc) is 2.84. The lowest BCUT2D eigenvalue weighted by Crippen LogP contribution is -2.13. The van der Waals surface area contributed by atoms with Crippen molar-refractivity contribution in [3.8, 4) is 0 Å². The zero-order valence-corrected chi connectivity index (χ0v) is 14.3. The summed E-state index contributed by atoms with van der Waals surface area (Å²) in [6, 6.07) is 0. The lowest BCUT2D eigenvalue weighted by molar-refractivity contribution is 0.0502. The largest absolute Gasteiger partial charge is 0.369 e. The van der Waals surface area contributed by atoms with Crippen molar-refractivity contribution in [1.82, 2.24) is 9.97 Å². The van der Waals surface area contributed by atoms with Gasteiger partial charge in [-0.1, -0.05) is 20.8 Å². The second-order valence-corrected chi connectivity index (χ2v) is 6.52. The van der Waals surface area contributed by atoms with E-state index < -0.39 is 0 Å². The maximum absolute atomic E-state index is 5.91. The molecule has 0 aromatic carbocycles. The highest BCUT2D eigenvalue weighted by atomic mass is 79.9. The number of hydrogen-bond donors (Lipinski definition) is 1. The molecule has 1 N–H and O–H groups in total. The number of ether oxygens (including phenoxy) is 1. The second kappa shape index (κ2) is 6.85. The van der Waals surface area contributed by atoms with Gasteiger partial charge in [-0.2, -0.15) is 0 Å². The molecule has 1 aromatic heterocycles. The molecule has 5 heteroatoms. The summed E-state index contributed by atoms with van der Waals surface area (Å²) in [7, 11) is 0. The average molecular weight is 342 g/mol. The molecule has 0 spiro atoms. The predicted octanol–water partition coefficient (Wildman–Crippen LogP) is 4.42. The van der Waals surface area contributed by atoms with Crippen molar-refractivity contribution < 1.29 is 4.74 Å². The highest BCUT2D eigenvalue weighted by Crippen LogP contribution is 2.35. The summed E-state index contributed by atoms with van der Waals surface area (Å²) >= 11 is 3.64. The monoisotopic (exact) mass is 341 g/mol. The van der Waals surface area contributed by atoms with E-state index in [9.17, 15) is 0 Å². The Kier molecular flexibility index (Phi) is 5.38. The van der Waals surface area contributed by atoms with E-state index in [1.165, 1.54) is 0 Å². The number of aromatic nitrogens is 2. The van der Waals surface area contributed by atoms with E-state index in [0.29, 0.717) is 12.0 Å². The van der Waals surface area contributed by atoms with Gasteiger partial charge in [0.1, 0.15) is 11.9 Å². The topological polar surface area (TPSA) is 47.0 Å². The van der Waals surface area contributed by atoms with Gasteiger partial charge < -0.3 is 10.1 Å². The van der Waals surface area contributed by atoms with Gasteiger partial charge in [-0.3, -0.25) is 0 Å². The van der Waals surface area contributed by atoms with Crippen molar-refractivity contribution >= 4 is 21.7 Å². The number of rotatable bonds is 5. The van der Waals surface area contributed by atoms with E-state index in [0.717, 1.165) is 47.6 Å². The standard InChI is InChI=1S/C15H24BrN3O/c1-5-8-17-15-12(16)13(9(2)3)18-14(19-15)11-7-6-10(4)20-11/h9-11H,5-8H2,1-4H3,(H,17,18,19). The van der Waals surface area contributed by atoms with Gasteiger partial charge in [-0.25, -0.2) is 9.97 Å². The van der Waals surface area contributed by atoms with Crippen LogP contribution in [0.15, 0.2) is 4.47 Å². The Hall–Kier alpha value is -0.680. The summed E-state index contributed by atoms with van der Waals surface area (Å²) in [5.41, 5.74) is 1.05. The smallest absolute Gasteiger partial charge is 0.159 e. The minimum Gasteiger partial charge on any atom is -0.369 e. The van der Waals surface area contributed by atoms with E-state index in [1.807, 2.05) is 0 Å². The van der Waals surface area contributed by atoms with Gasteiger partial charge in [-0.05, 0) is 48.0 Å². The zero-order chi connectivity index (χ0) is 14.7. The predicted molar refractivity (Wildman–Crippen MR) is 85.1 cm³/mol. The van der Waals surface area contributed by atoms with E-state index in [-0.39, 0.29) is 6.10 Å². The second-order valence-electron chi connectivity index (χ2n) is 5.72. The summed E-state index contributed by atoms with van der Waals surface area (Å²) in [5.74, 6) is 2.07. The first-order valence-corrected chi connectivity index (χ1v) is 8.28. The number of hydrogen-bond acceptors (Lipinski definition) is 4. The van der Waals surface area contributed by atoms with E-state index in [2.05, 4.69) is 53.9 Å². The third kappa shape index (κ3) is 3.50. The van der Waals surface area contributed by atoms with Crippen LogP contribution in [0, 0.1) is 0 Å². The number of nitrogens with one attached hydrogen (secondary N) is 1. The van der Waals surface area contributed by atoms with Crippen LogP contribution in [-0.2, 0) is 4.74 Å². The van der Waals surface area contributed by atoms with Crippen LogP contribution in [0.4, 0.5) is 5.82 Å². The van der Waals surface area contributed by atoms with Crippen LogP contribution in [0.2, 0.25) is 0 Å². The van der Waals surface area contributed by atoms with E-state index in [4.69, 9.17) is 9.72 Å². The molecule has 20 heavy (non-hydrogen) atoms. The van der Waals surface area contributed by atoms with Gasteiger partial charge >= 0.3 is 0 Å².